The maximum atomic E-state index is 5.87. The second-order valence-electron chi connectivity index (χ2n) is 4.02. The second-order valence-corrected chi connectivity index (χ2v) is 4.46. The van der Waals surface area contributed by atoms with Gasteiger partial charge in [0.15, 0.2) is 6.29 Å². The van der Waals surface area contributed by atoms with Crippen LogP contribution in [0.15, 0.2) is 24.3 Å². The first-order valence-electron chi connectivity index (χ1n) is 6.39. The van der Waals surface area contributed by atoms with Crippen molar-refractivity contribution in [2.24, 2.45) is 0 Å². The molecule has 0 bridgehead atoms. The molecule has 1 unspecified atom stereocenters. The Morgan fingerprint density at radius 2 is 1.67 bits per heavy atom. The summed E-state index contributed by atoms with van der Waals surface area (Å²) in [5.74, 6) is 0. The van der Waals surface area contributed by atoms with E-state index in [1.54, 1.807) is 0 Å². The lowest BCUT2D eigenvalue weighted by Crippen LogP contribution is -2.33. The molecule has 1 aromatic carbocycles. The SMILES string of the molecule is CCOC(CNC(C)c1ccc(Cl)cc1)OCC. The van der Waals surface area contributed by atoms with Crippen LogP contribution >= 0.6 is 11.6 Å². The van der Waals surface area contributed by atoms with Crippen LogP contribution in [0.1, 0.15) is 32.4 Å². The minimum absolute atomic E-state index is 0.185. The van der Waals surface area contributed by atoms with E-state index in [0.29, 0.717) is 19.8 Å². The van der Waals surface area contributed by atoms with Gasteiger partial charge in [-0.05, 0) is 38.5 Å². The van der Waals surface area contributed by atoms with Crippen LogP contribution in [-0.4, -0.2) is 26.0 Å². The van der Waals surface area contributed by atoms with E-state index in [0.717, 1.165) is 5.02 Å². The molecule has 1 N–H and O–H groups in total. The summed E-state index contributed by atoms with van der Waals surface area (Å²) in [4.78, 5) is 0. The van der Waals surface area contributed by atoms with Gasteiger partial charge in [-0.15, -0.1) is 0 Å². The third kappa shape index (κ3) is 5.36. The fourth-order valence-corrected chi connectivity index (χ4v) is 1.81. The maximum Gasteiger partial charge on any atom is 0.169 e. The van der Waals surface area contributed by atoms with Gasteiger partial charge in [-0.2, -0.15) is 0 Å². The van der Waals surface area contributed by atoms with Crippen LogP contribution in [0.5, 0.6) is 0 Å². The number of halogens is 1. The Morgan fingerprint density at radius 1 is 1.11 bits per heavy atom. The summed E-state index contributed by atoms with van der Waals surface area (Å²) in [6.07, 6.45) is -0.185. The number of benzene rings is 1. The minimum atomic E-state index is -0.185. The normalized spacial score (nSPS) is 12.9. The van der Waals surface area contributed by atoms with E-state index < -0.39 is 0 Å². The molecule has 0 aliphatic rings. The summed E-state index contributed by atoms with van der Waals surface area (Å²) in [6.45, 7) is 8.02. The van der Waals surface area contributed by atoms with Crippen molar-refractivity contribution in [2.75, 3.05) is 19.8 Å². The molecular weight excluding hydrogens is 250 g/mol. The molecule has 0 saturated carbocycles. The van der Waals surface area contributed by atoms with E-state index in [2.05, 4.69) is 12.2 Å². The van der Waals surface area contributed by atoms with Gasteiger partial charge in [0.25, 0.3) is 0 Å². The standard InChI is InChI=1S/C14H22ClNO2/c1-4-17-14(18-5-2)10-16-11(3)12-6-8-13(15)9-7-12/h6-9,11,14,16H,4-5,10H2,1-3H3. The highest BCUT2D eigenvalue weighted by Crippen LogP contribution is 2.16. The van der Waals surface area contributed by atoms with Gasteiger partial charge in [-0.25, -0.2) is 0 Å². The summed E-state index contributed by atoms with van der Waals surface area (Å²) in [7, 11) is 0. The average molecular weight is 272 g/mol. The number of ether oxygens (including phenoxy) is 2. The van der Waals surface area contributed by atoms with Crippen LogP contribution in [-0.2, 0) is 9.47 Å². The lowest BCUT2D eigenvalue weighted by atomic mass is 10.1. The van der Waals surface area contributed by atoms with Crippen molar-refractivity contribution in [3.63, 3.8) is 0 Å². The third-order valence-electron chi connectivity index (χ3n) is 2.67. The first kappa shape index (κ1) is 15.4. The maximum absolute atomic E-state index is 5.87. The van der Waals surface area contributed by atoms with Gasteiger partial charge in [0.2, 0.25) is 0 Å². The van der Waals surface area contributed by atoms with E-state index in [-0.39, 0.29) is 12.3 Å². The van der Waals surface area contributed by atoms with Gasteiger partial charge in [0, 0.05) is 30.8 Å². The zero-order valence-electron chi connectivity index (χ0n) is 11.3. The molecule has 0 aliphatic carbocycles. The summed E-state index contributed by atoms with van der Waals surface area (Å²) in [6, 6.07) is 8.09. The number of hydrogen-bond acceptors (Lipinski definition) is 3. The van der Waals surface area contributed by atoms with Crippen LogP contribution in [0.4, 0.5) is 0 Å². The topological polar surface area (TPSA) is 30.5 Å². The van der Waals surface area contributed by atoms with Gasteiger partial charge in [-0.1, -0.05) is 23.7 Å². The predicted octanol–water partition coefficient (Wildman–Crippen LogP) is 3.39. The van der Waals surface area contributed by atoms with E-state index in [1.807, 2.05) is 38.1 Å². The fourth-order valence-electron chi connectivity index (χ4n) is 1.68. The van der Waals surface area contributed by atoms with Gasteiger partial charge >= 0.3 is 0 Å². The molecule has 0 fully saturated rings. The molecule has 0 saturated heterocycles. The molecule has 4 heteroatoms. The smallest absolute Gasteiger partial charge is 0.169 e. The third-order valence-corrected chi connectivity index (χ3v) is 2.92. The van der Waals surface area contributed by atoms with E-state index >= 15 is 0 Å². The minimum Gasteiger partial charge on any atom is -0.352 e. The highest BCUT2D eigenvalue weighted by Gasteiger charge is 2.10. The van der Waals surface area contributed by atoms with Crippen molar-refractivity contribution in [2.45, 2.75) is 33.1 Å². The van der Waals surface area contributed by atoms with Crippen molar-refractivity contribution < 1.29 is 9.47 Å². The Hall–Kier alpha value is -0.610. The molecule has 0 amide bonds. The fraction of sp³-hybridized carbons (Fsp3) is 0.571. The molecule has 3 nitrogen and oxygen atoms in total. The van der Waals surface area contributed by atoms with Gasteiger partial charge in [0.1, 0.15) is 0 Å². The van der Waals surface area contributed by atoms with Crippen molar-refractivity contribution in [1.82, 2.24) is 5.32 Å². The average Bonchev–Trinajstić information content (AvgIpc) is 2.37. The summed E-state index contributed by atoms with van der Waals surface area (Å²) in [5.41, 5.74) is 1.20. The van der Waals surface area contributed by atoms with Gasteiger partial charge in [0.05, 0.1) is 0 Å². The molecule has 0 heterocycles. The highest BCUT2D eigenvalue weighted by atomic mass is 35.5. The quantitative estimate of drug-likeness (QED) is 0.735. The van der Waals surface area contributed by atoms with Crippen LogP contribution in [0, 0.1) is 0 Å². The molecule has 1 aromatic rings. The number of hydrogen-bond donors (Lipinski definition) is 1. The molecule has 102 valence electrons. The molecule has 0 spiro atoms. The van der Waals surface area contributed by atoms with Crippen molar-refractivity contribution >= 4 is 11.6 Å². The summed E-state index contributed by atoms with van der Waals surface area (Å²) < 4.78 is 11.0. The summed E-state index contributed by atoms with van der Waals surface area (Å²) >= 11 is 5.87. The Kier molecular flexibility index (Phi) is 7.28. The van der Waals surface area contributed by atoms with Crippen molar-refractivity contribution in [1.29, 1.82) is 0 Å². The highest BCUT2D eigenvalue weighted by molar-refractivity contribution is 6.30. The van der Waals surface area contributed by atoms with Gasteiger partial charge in [-0.3, -0.25) is 0 Å². The molecule has 0 radical (unpaired) electrons. The molecule has 1 atom stereocenters. The second kappa shape index (κ2) is 8.48. The van der Waals surface area contributed by atoms with Crippen LogP contribution in [0.3, 0.4) is 0 Å². The summed E-state index contributed by atoms with van der Waals surface area (Å²) in [5, 5.41) is 4.15. The Bertz CT molecular complexity index is 323. The lowest BCUT2D eigenvalue weighted by molar-refractivity contribution is -0.133. The van der Waals surface area contributed by atoms with E-state index in [1.165, 1.54) is 5.56 Å². The zero-order valence-corrected chi connectivity index (χ0v) is 12.0. The van der Waals surface area contributed by atoms with E-state index in [4.69, 9.17) is 21.1 Å². The molecule has 18 heavy (non-hydrogen) atoms. The number of rotatable bonds is 8. The van der Waals surface area contributed by atoms with Gasteiger partial charge < -0.3 is 14.8 Å². The van der Waals surface area contributed by atoms with E-state index in [9.17, 15) is 0 Å². The zero-order chi connectivity index (χ0) is 13.4. The van der Waals surface area contributed by atoms with Crippen molar-refractivity contribution in [3.8, 4) is 0 Å². The van der Waals surface area contributed by atoms with Crippen LogP contribution in [0.25, 0.3) is 0 Å². The van der Waals surface area contributed by atoms with Crippen LogP contribution in [0.2, 0.25) is 5.02 Å². The first-order chi connectivity index (χ1) is 8.67. The number of nitrogens with one attached hydrogen (secondary N) is 1. The molecule has 0 aliphatic heterocycles. The van der Waals surface area contributed by atoms with Crippen LogP contribution < -0.4 is 5.32 Å². The Labute approximate surface area is 114 Å². The molecule has 1 rings (SSSR count). The lowest BCUT2D eigenvalue weighted by Gasteiger charge is -2.21. The first-order valence-corrected chi connectivity index (χ1v) is 6.77. The predicted molar refractivity (Wildman–Crippen MR) is 74.9 cm³/mol. The largest absolute Gasteiger partial charge is 0.352 e. The Morgan fingerprint density at radius 3 is 2.17 bits per heavy atom. The molecule has 0 aromatic heterocycles. The molecular formula is C14H22ClNO2. The van der Waals surface area contributed by atoms with Crippen molar-refractivity contribution in [3.05, 3.63) is 34.9 Å². The Balaban J connectivity index is 2.43. The monoisotopic (exact) mass is 271 g/mol.